The van der Waals surface area contributed by atoms with Gasteiger partial charge in [-0.15, -0.1) is 0 Å². The smallest absolute Gasteiger partial charge is 0.481 e. The van der Waals surface area contributed by atoms with Crippen LogP contribution in [0, 0.1) is 0 Å². The van der Waals surface area contributed by atoms with E-state index in [0.717, 1.165) is 16.0 Å². The van der Waals surface area contributed by atoms with Gasteiger partial charge in [-0.3, -0.25) is 9.59 Å². The topological polar surface area (TPSA) is 174 Å². The van der Waals surface area contributed by atoms with Crippen molar-refractivity contribution in [1.29, 1.82) is 0 Å². The molecule has 0 unspecified atom stereocenters. The highest BCUT2D eigenvalue weighted by Gasteiger charge is 2.36. The average molecular weight is 660 g/mol. The number of esters is 1. The highest BCUT2D eigenvalue weighted by molar-refractivity contribution is 5.93. The van der Waals surface area contributed by atoms with Gasteiger partial charge in [0, 0.05) is 30.1 Å². The molecule has 1 heterocycles. The van der Waals surface area contributed by atoms with Crippen molar-refractivity contribution in [3.8, 4) is 5.75 Å². The van der Waals surface area contributed by atoms with Crippen molar-refractivity contribution in [2.45, 2.75) is 52.0 Å². The number of amides is 2. The summed E-state index contributed by atoms with van der Waals surface area (Å²) in [6.07, 6.45) is -0.967. The van der Waals surface area contributed by atoms with Crippen molar-refractivity contribution in [2.24, 2.45) is 0 Å². The van der Waals surface area contributed by atoms with Crippen LogP contribution in [0.4, 0.5) is 9.59 Å². The molecule has 13 nitrogen and oxygen atoms in total. The Hall–Kier alpha value is -5.85. The minimum absolute atomic E-state index is 0.0201. The zero-order valence-corrected chi connectivity index (χ0v) is 26.5. The third kappa shape index (κ3) is 9.82. The third-order valence-corrected chi connectivity index (χ3v) is 7.29. The van der Waals surface area contributed by atoms with E-state index in [-0.39, 0.29) is 38.5 Å². The molecule has 0 fully saturated rings. The zero-order chi connectivity index (χ0) is 34.5. The molecule has 2 amide bonds. The number of carbonyl (C=O) groups excluding carboxylic acids is 4. The lowest BCUT2D eigenvalue weighted by Crippen LogP contribution is -2.55. The summed E-state index contributed by atoms with van der Waals surface area (Å²) in [4.78, 5) is 68.0. The minimum atomic E-state index is -1.44. The van der Waals surface area contributed by atoms with Crippen LogP contribution in [0.15, 0.2) is 85.1 Å². The Balaban J connectivity index is 1.57. The lowest BCUT2D eigenvalue weighted by Gasteiger charge is -2.31. The summed E-state index contributed by atoms with van der Waals surface area (Å²) in [6.45, 7) is 3.04. The summed E-state index contributed by atoms with van der Waals surface area (Å²) in [5, 5.41) is 12.7. The number of carbonyl (C=O) groups is 5. The van der Waals surface area contributed by atoms with E-state index in [1.54, 1.807) is 62.5 Å². The van der Waals surface area contributed by atoms with Gasteiger partial charge >= 0.3 is 24.2 Å². The molecule has 3 N–H and O–H groups in total. The summed E-state index contributed by atoms with van der Waals surface area (Å²) in [7, 11) is 0. The second kappa shape index (κ2) is 17.2. The zero-order valence-electron chi connectivity index (χ0n) is 26.5. The molecule has 4 rings (SSSR count). The number of H-pyrrole nitrogens is 1. The van der Waals surface area contributed by atoms with Gasteiger partial charge in [0.05, 0.1) is 13.0 Å². The summed E-state index contributed by atoms with van der Waals surface area (Å²) >= 11 is 0. The number of rotatable bonds is 15. The van der Waals surface area contributed by atoms with E-state index < -0.39 is 48.6 Å². The number of aromatic amines is 1. The first-order valence-electron chi connectivity index (χ1n) is 15.3. The molecular formula is C35H37N3O10. The first kappa shape index (κ1) is 35.0. The highest BCUT2D eigenvalue weighted by Crippen LogP contribution is 2.26. The van der Waals surface area contributed by atoms with Gasteiger partial charge < -0.3 is 39.3 Å². The maximum absolute atomic E-state index is 14.0. The molecule has 3 aromatic carbocycles. The Labute approximate surface area is 276 Å². The number of carboxylic acid groups (broad SMARTS) is 1. The van der Waals surface area contributed by atoms with Crippen molar-refractivity contribution in [1.82, 2.24) is 15.2 Å². The Morgan fingerprint density at radius 3 is 2.10 bits per heavy atom. The molecule has 13 heteroatoms. The summed E-state index contributed by atoms with van der Waals surface area (Å²) < 4.78 is 21.0. The van der Waals surface area contributed by atoms with E-state index in [1.165, 1.54) is 0 Å². The van der Waals surface area contributed by atoms with Crippen LogP contribution in [0.25, 0.3) is 10.9 Å². The lowest BCUT2D eigenvalue weighted by molar-refractivity contribution is -0.158. The minimum Gasteiger partial charge on any atom is -0.481 e. The second-order valence-electron chi connectivity index (χ2n) is 10.6. The number of benzene rings is 3. The first-order valence-corrected chi connectivity index (χ1v) is 15.3. The van der Waals surface area contributed by atoms with Gasteiger partial charge in [0.1, 0.15) is 31.0 Å². The molecule has 0 saturated carbocycles. The van der Waals surface area contributed by atoms with Crippen molar-refractivity contribution < 1.29 is 48.0 Å². The van der Waals surface area contributed by atoms with E-state index in [2.05, 4.69) is 10.3 Å². The molecule has 1 aromatic heterocycles. The maximum atomic E-state index is 14.0. The molecule has 0 bridgehead atoms. The van der Waals surface area contributed by atoms with Crippen LogP contribution >= 0.6 is 0 Å². The second-order valence-corrected chi connectivity index (χ2v) is 10.6. The van der Waals surface area contributed by atoms with Crippen LogP contribution in [0.2, 0.25) is 0 Å². The Bertz CT molecular complexity index is 1710. The largest absolute Gasteiger partial charge is 0.514 e. The Kier molecular flexibility index (Phi) is 12.5. The van der Waals surface area contributed by atoms with Crippen LogP contribution < -0.4 is 10.1 Å². The number of ether oxygens (including phenoxy) is 4. The number of carboxylic acids is 1. The normalized spacial score (nSPS) is 12.0. The SMILES string of the molecule is CCOC(=O)[C@H](CC(=O)O)N(CC)C(=O)[C@H](Cc1c[nH]c2ccc(OC(=O)OCc3ccccc3)cc12)NC(=O)OCc1ccccc1. The van der Waals surface area contributed by atoms with E-state index in [4.69, 9.17) is 18.9 Å². The molecule has 0 aliphatic rings. The van der Waals surface area contributed by atoms with E-state index in [9.17, 15) is 29.1 Å². The van der Waals surface area contributed by atoms with E-state index >= 15 is 0 Å². The predicted molar refractivity (Wildman–Crippen MR) is 173 cm³/mol. The number of hydrogen-bond acceptors (Lipinski definition) is 9. The Morgan fingerprint density at radius 2 is 1.50 bits per heavy atom. The number of fused-ring (bicyclic) bond motifs is 1. The van der Waals surface area contributed by atoms with Gasteiger partial charge in [0.25, 0.3) is 0 Å². The van der Waals surface area contributed by atoms with Crippen LogP contribution in [-0.4, -0.2) is 70.3 Å². The van der Waals surface area contributed by atoms with Crippen molar-refractivity contribution in [3.63, 3.8) is 0 Å². The van der Waals surface area contributed by atoms with Gasteiger partial charge in [-0.25, -0.2) is 14.4 Å². The average Bonchev–Trinajstić information content (AvgIpc) is 3.48. The number of alkyl carbamates (subject to hydrolysis) is 1. The van der Waals surface area contributed by atoms with Crippen molar-refractivity contribution in [2.75, 3.05) is 13.2 Å². The van der Waals surface area contributed by atoms with Gasteiger partial charge in [-0.2, -0.15) is 0 Å². The van der Waals surface area contributed by atoms with Crippen LogP contribution in [0.5, 0.6) is 5.75 Å². The third-order valence-electron chi connectivity index (χ3n) is 7.29. The lowest BCUT2D eigenvalue weighted by atomic mass is 10.0. The number of nitrogens with zero attached hydrogens (tertiary/aromatic N) is 1. The predicted octanol–water partition coefficient (Wildman–Crippen LogP) is 4.98. The maximum Gasteiger partial charge on any atom is 0.514 e. The molecule has 0 spiro atoms. The van der Waals surface area contributed by atoms with Gasteiger partial charge in [0.2, 0.25) is 5.91 Å². The fourth-order valence-corrected chi connectivity index (χ4v) is 5.01. The summed E-state index contributed by atoms with van der Waals surface area (Å²) in [6, 6.07) is 20.2. The number of aliphatic carboxylic acids is 1. The molecule has 48 heavy (non-hydrogen) atoms. The number of aromatic nitrogens is 1. The first-order chi connectivity index (χ1) is 23.2. The highest BCUT2D eigenvalue weighted by atomic mass is 16.7. The number of likely N-dealkylation sites (N-methyl/N-ethyl adjacent to an activating group) is 1. The molecule has 4 aromatic rings. The standard InChI is InChI=1S/C35H37N3O10/c1-3-38(30(19-31(39)40)33(42)45-4-2)32(41)29(37-34(43)46-21-23-11-7-5-8-12-23)17-25-20-36-28-16-15-26(18-27(25)28)48-35(44)47-22-24-13-9-6-10-14-24/h5-16,18,20,29-30,36H,3-4,17,19,21-22H2,1-2H3,(H,37,43)(H,39,40)/t29-,30-/m0/s1. The summed E-state index contributed by atoms with van der Waals surface area (Å²) in [5.41, 5.74) is 2.71. The molecular weight excluding hydrogens is 622 g/mol. The number of hydrogen-bond donors (Lipinski definition) is 3. The molecule has 0 saturated heterocycles. The molecule has 2 atom stereocenters. The van der Waals surface area contributed by atoms with E-state index in [1.807, 2.05) is 36.4 Å². The van der Waals surface area contributed by atoms with Crippen molar-refractivity contribution in [3.05, 3.63) is 102 Å². The molecule has 0 aliphatic heterocycles. The molecule has 252 valence electrons. The molecule has 0 aliphatic carbocycles. The Morgan fingerprint density at radius 1 is 0.854 bits per heavy atom. The summed E-state index contributed by atoms with van der Waals surface area (Å²) in [5.74, 6) is -2.73. The van der Waals surface area contributed by atoms with Gasteiger partial charge in [-0.1, -0.05) is 60.7 Å². The monoisotopic (exact) mass is 659 g/mol. The fraction of sp³-hybridized carbons (Fsp3) is 0.286. The van der Waals surface area contributed by atoms with E-state index in [0.29, 0.717) is 16.5 Å². The van der Waals surface area contributed by atoms with Crippen molar-refractivity contribution >= 4 is 41.0 Å². The fourth-order valence-electron chi connectivity index (χ4n) is 5.01. The van der Waals surface area contributed by atoms with Crippen LogP contribution in [0.3, 0.4) is 0 Å². The van der Waals surface area contributed by atoms with Gasteiger partial charge in [-0.05, 0) is 48.7 Å². The van der Waals surface area contributed by atoms with Crippen LogP contribution in [0.1, 0.15) is 37.0 Å². The quantitative estimate of drug-likeness (QED) is 0.0898. The van der Waals surface area contributed by atoms with Gasteiger partial charge in [0.15, 0.2) is 0 Å². The molecule has 0 radical (unpaired) electrons. The number of nitrogens with one attached hydrogen (secondary N) is 2. The van der Waals surface area contributed by atoms with Crippen LogP contribution in [-0.2, 0) is 48.2 Å².